The van der Waals surface area contributed by atoms with E-state index in [0.717, 1.165) is 23.7 Å². The average Bonchev–Trinajstić information content (AvgIpc) is 2.96. The third kappa shape index (κ3) is 3.78. The first-order chi connectivity index (χ1) is 8.78. The lowest BCUT2D eigenvalue weighted by atomic mass is 10.5. The molecular weight excluding hydrogens is 250 g/mol. The summed E-state index contributed by atoms with van der Waals surface area (Å²) >= 11 is 1.62. The third-order valence-electron chi connectivity index (χ3n) is 2.23. The zero-order valence-corrected chi connectivity index (χ0v) is 11.4. The van der Waals surface area contributed by atoms with Crippen molar-refractivity contribution in [3.63, 3.8) is 0 Å². The summed E-state index contributed by atoms with van der Waals surface area (Å²) in [6.45, 7) is 6.26. The Balaban J connectivity index is 1.79. The molecule has 0 aromatic carbocycles. The van der Waals surface area contributed by atoms with Crippen molar-refractivity contribution in [3.05, 3.63) is 22.0 Å². The topological polar surface area (TPSA) is 75.9 Å². The molecule has 0 atom stereocenters. The van der Waals surface area contributed by atoms with E-state index in [9.17, 15) is 0 Å². The van der Waals surface area contributed by atoms with E-state index < -0.39 is 0 Å². The van der Waals surface area contributed by atoms with E-state index in [2.05, 4.69) is 32.7 Å². The van der Waals surface area contributed by atoms with Crippen LogP contribution in [-0.4, -0.2) is 21.7 Å². The molecule has 0 fully saturated rings. The van der Waals surface area contributed by atoms with Gasteiger partial charge in [-0.25, -0.2) is 4.98 Å². The Kier molecular flexibility index (Phi) is 4.66. The van der Waals surface area contributed by atoms with E-state index >= 15 is 0 Å². The molecule has 2 N–H and O–H groups in total. The SMILES string of the molecule is CCCNCc1nnc(NCc2nc(C)cs2)o1. The molecule has 2 aromatic rings. The fraction of sp³-hybridized carbons (Fsp3) is 0.545. The van der Waals surface area contributed by atoms with Gasteiger partial charge in [-0.1, -0.05) is 12.0 Å². The summed E-state index contributed by atoms with van der Waals surface area (Å²) in [5, 5.41) is 17.2. The predicted octanol–water partition coefficient (Wildman–Crippen LogP) is 1.95. The number of thiazole rings is 1. The number of nitrogens with zero attached hydrogens (tertiary/aromatic N) is 3. The zero-order valence-electron chi connectivity index (χ0n) is 10.6. The van der Waals surface area contributed by atoms with Crippen molar-refractivity contribution in [2.45, 2.75) is 33.4 Å². The van der Waals surface area contributed by atoms with Gasteiger partial charge in [0.05, 0.1) is 13.1 Å². The fourth-order valence-electron chi connectivity index (χ4n) is 1.40. The standard InChI is InChI=1S/C11H17N5OS/c1-3-4-12-5-9-15-16-11(17-9)13-6-10-14-8(2)7-18-10/h7,12H,3-6H2,1-2H3,(H,13,16). The number of hydrogen-bond donors (Lipinski definition) is 2. The molecule has 0 aliphatic rings. The summed E-state index contributed by atoms with van der Waals surface area (Å²) in [6, 6.07) is 0.441. The van der Waals surface area contributed by atoms with Gasteiger partial charge in [-0.3, -0.25) is 0 Å². The van der Waals surface area contributed by atoms with Gasteiger partial charge < -0.3 is 15.1 Å². The molecule has 2 aromatic heterocycles. The van der Waals surface area contributed by atoms with Crippen LogP contribution in [-0.2, 0) is 13.1 Å². The highest BCUT2D eigenvalue weighted by atomic mass is 32.1. The van der Waals surface area contributed by atoms with Crippen molar-refractivity contribution in [2.24, 2.45) is 0 Å². The van der Waals surface area contributed by atoms with Crippen molar-refractivity contribution >= 4 is 17.4 Å². The third-order valence-corrected chi connectivity index (χ3v) is 3.19. The maximum absolute atomic E-state index is 5.44. The molecule has 98 valence electrons. The Morgan fingerprint density at radius 2 is 2.22 bits per heavy atom. The Labute approximate surface area is 110 Å². The van der Waals surface area contributed by atoms with Gasteiger partial charge in [0.15, 0.2) is 0 Å². The predicted molar refractivity (Wildman–Crippen MR) is 70.5 cm³/mol. The first-order valence-electron chi connectivity index (χ1n) is 5.96. The second-order valence-electron chi connectivity index (χ2n) is 3.91. The summed E-state index contributed by atoms with van der Waals surface area (Å²) in [5.41, 5.74) is 1.03. The molecule has 0 amide bonds. The summed E-state index contributed by atoms with van der Waals surface area (Å²) < 4.78 is 5.44. The summed E-state index contributed by atoms with van der Waals surface area (Å²) in [6.07, 6.45) is 1.09. The number of nitrogens with one attached hydrogen (secondary N) is 2. The van der Waals surface area contributed by atoms with Gasteiger partial charge >= 0.3 is 6.01 Å². The molecule has 0 saturated carbocycles. The highest BCUT2D eigenvalue weighted by molar-refractivity contribution is 7.09. The van der Waals surface area contributed by atoms with Crippen LogP contribution < -0.4 is 10.6 Å². The van der Waals surface area contributed by atoms with Crippen LogP contribution >= 0.6 is 11.3 Å². The first-order valence-corrected chi connectivity index (χ1v) is 6.84. The molecule has 7 heteroatoms. The molecule has 6 nitrogen and oxygen atoms in total. The molecule has 0 spiro atoms. The van der Waals surface area contributed by atoms with Crippen molar-refractivity contribution in [1.29, 1.82) is 0 Å². The molecular formula is C11H17N5OS. The fourth-order valence-corrected chi connectivity index (χ4v) is 2.12. The van der Waals surface area contributed by atoms with E-state index in [-0.39, 0.29) is 0 Å². The van der Waals surface area contributed by atoms with E-state index in [1.807, 2.05) is 12.3 Å². The van der Waals surface area contributed by atoms with Gasteiger partial charge in [-0.15, -0.1) is 16.4 Å². The number of anilines is 1. The molecule has 0 radical (unpaired) electrons. The van der Waals surface area contributed by atoms with Crippen molar-refractivity contribution in [1.82, 2.24) is 20.5 Å². The maximum Gasteiger partial charge on any atom is 0.315 e. The summed E-state index contributed by atoms with van der Waals surface area (Å²) in [5.74, 6) is 0.598. The highest BCUT2D eigenvalue weighted by Gasteiger charge is 2.06. The maximum atomic E-state index is 5.44. The Morgan fingerprint density at radius 3 is 2.94 bits per heavy atom. The first kappa shape index (κ1) is 13.0. The van der Waals surface area contributed by atoms with Crippen LogP contribution in [0.4, 0.5) is 6.01 Å². The molecule has 2 heterocycles. The normalized spacial score (nSPS) is 10.8. The van der Waals surface area contributed by atoms with Crippen molar-refractivity contribution in [3.8, 4) is 0 Å². The van der Waals surface area contributed by atoms with Crippen LogP contribution in [0.2, 0.25) is 0 Å². The van der Waals surface area contributed by atoms with Gasteiger partial charge in [0, 0.05) is 11.1 Å². The number of aromatic nitrogens is 3. The van der Waals surface area contributed by atoms with Crippen LogP contribution in [0.25, 0.3) is 0 Å². The van der Waals surface area contributed by atoms with Crippen LogP contribution in [0.1, 0.15) is 29.9 Å². The van der Waals surface area contributed by atoms with Gasteiger partial charge in [0.1, 0.15) is 5.01 Å². The van der Waals surface area contributed by atoms with E-state index in [4.69, 9.17) is 4.42 Å². The second kappa shape index (κ2) is 6.46. The highest BCUT2D eigenvalue weighted by Crippen LogP contribution is 2.11. The molecule has 18 heavy (non-hydrogen) atoms. The van der Waals surface area contributed by atoms with E-state index in [1.165, 1.54) is 0 Å². The van der Waals surface area contributed by atoms with Crippen LogP contribution in [0, 0.1) is 6.92 Å². The minimum absolute atomic E-state index is 0.441. The zero-order chi connectivity index (χ0) is 12.8. The quantitative estimate of drug-likeness (QED) is 0.747. The monoisotopic (exact) mass is 267 g/mol. The van der Waals surface area contributed by atoms with E-state index in [0.29, 0.717) is 25.0 Å². The van der Waals surface area contributed by atoms with Gasteiger partial charge in [-0.05, 0) is 19.9 Å². The van der Waals surface area contributed by atoms with Gasteiger partial charge in [0.25, 0.3) is 0 Å². The summed E-state index contributed by atoms with van der Waals surface area (Å²) in [4.78, 5) is 4.35. The minimum Gasteiger partial charge on any atom is -0.407 e. The molecule has 2 rings (SSSR count). The van der Waals surface area contributed by atoms with Crippen molar-refractivity contribution in [2.75, 3.05) is 11.9 Å². The second-order valence-corrected chi connectivity index (χ2v) is 4.86. The molecule has 0 unspecified atom stereocenters. The van der Waals surface area contributed by atoms with Gasteiger partial charge in [0.2, 0.25) is 5.89 Å². The van der Waals surface area contributed by atoms with Crippen molar-refractivity contribution < 1.29 is 4.42 Å². The number of rotatable bonds is 7. The number of hydrogen-bond acceptors (Lipinski definition) is 7. The molecule has 0 aliphatic carbocycles. The van der Waals surface area contributed by atoms with Crippen LogP contribution in [0.15, 0.2) is 9.80 Å². The lowest BCUT2D eigenvalue weighted by molar-refractivity contribution is 0.477. The van der Waals surface area contributed by atoms with Crippen LogP contribution in [0.3, 0.4) is 0 Å². The minimum atomic E-state index is 0.441. The largest absolute Gasteiger partial charge is 0.407 e. The van der Waals surface area contributed by atoms with E-state index in [1.54, 1.807) is 11.3 Å². The average molecular weight is 267 g/mol. The van der Waals surface area contributed by atoms with Gasteiger partial charge in [-0.2, -0.15) is 0 Å². The lowest BCUT2D eigenvalue weighted by Gasteiger charge is -1.98. The number of aryl methyl sites for hydroxylation is 1. The summed E-state index contributed by atoms with van der Waals surface area (Å²) in [7, 11) is 0. The lowest BCUT2D eigenvalue weighted by Crippen LogP contribution is -2.13. The van der Waals surface area contributed by atoms with Crippen LogP contribution in [0.5, 0.6) is 0 Å². The smallest absolute Gasteiger partial charge is 0.315 e. The Bertz CT molecular complexity index is 481. The molecule has 0 bridgehead atoms. The molecule has 0 aliphatic heterocycles. The Hall–Kier alpha value is -1.47. The molecule has 0 saturated heterocycles. The Morgan fingerprint density at radius 1 is 1.33 bits per heavy atom.